The summed E-state index contributed by atoms with van der Waals surface area (Å²) in [4.78, 5) is 72.7. The third-order valence-corrected chi connectivity index (χ3v) is 17.0. The third kappa shape index (κ3) is 69.7. The van der Waals surface area contributed by atoms with Crippen LogP contribution in [0.25, 0.3) is 0 Å². The van der Waals surface area contributed by atoms with Crippen molar-refractivity contribution in [2.24, 2.45) is 0 Å². The molecule has 0 saturated carbocycles. The third-order valence-electron chi connectivity index (χ3n) is 15.1. The van der Waals surface area contributed by atoms with Gasteiger partial charge in [0.15, 0.2) is 12.2 Å². The quantitative estimate of drug-likeness (QED) is 0.0169. The van der Waals surface area contributed by atoms with Gasteiger partial charge in [-0.3, -0.25) is 37.3 Å². The molecule has 0 fully saturated rings. The van der Waals surface area contributed by atoms with Crippen molar-refractivity contribution in [1.82, 2.24) is 0 Å². The van der Waals surface area contributed by atoms with Gasteiger partial charge in [0.2, 0.25) is 0 Å². The Morgan fingerprint density at radius 3 is 0.918 bits per heavy atom. The maximum atomic E-state index is 13.1. The van der Waals surface area contributed by atoms with Gasteiger partial charge in [0.25, 0.3) is 0 Å². The molecule has 0 aliphatic carbocycles. The van der Waals surface area contributed by atoms with Crippen LogP contribution in [0.15, 0.2) is 134 Å². The molecule has 5 unspecified atom stereocenters. The Bertz CT molecular complexity index is 2380. The fourth-order valence-corrected chi connectivity index (χ4v) is 11.0. The Morgan fingerprint density at radius 1 is 0.296 bits per heavy atom. The Labute approximate surface area is 593 Å². The minimum absolute atomic E-state index is 0.0286. The van der Waals surface area contributed by atoms with Gasteiger partial charge < -0.3 is 33.8 Å². The number of carbonyl (C=O) groups excluding carboxylic acids is 4. The zero-order valence-corrected chi connectivity index (χ0v) is 62.7. The van der Waals surface area contributed by atoms with Crippen molar-refractivity contribution in [1.29, 1.82) is 0 Å². The fourth-order valence-electron chi connectivity index (χ4n) is 9.41. The minimum atomic E-state index is -5.00. The molecule has 0 aromatic heterocycles. The Hall–Kier alpha value is -4.80. The number of aliphatic hydroxyl groups excluding tert-OH is 1. The number of phosphoric acid groups is 2. The number of allylic oxidation sites excluding steroid dienone is 22. The average Bonchev–Trinajstić information content (AvgIpc) is 0.992. The zero-order chi connectivity index (χ0) is 71.8. The van der Waals surface area contributed by atoms with Gasteiger partial charge in [-0.05, 0) is 141 Å². The minimum Gasteiger partial charge on any atom is -0.462 e. The van der Waals surface area contributed by atoms with E-state index in [2.05, 4.69) is 143 Å². The second-order valence-electron chi connectivity index (χ2n) is 24.5. The predicted molar refractivity (Wildman–Crippen MR) is 399 cm³/mol. The van der Waals surface area contributed by atoms with Crippen molar-refractivity contribution in [2.75, 3.05) is 39.6 Å². The molecule has 0 aliphatic rings. The Kier molecular flexibility index (Phi) is 67.2. The summed E-state index contributed by atoms with van der Waals surface area (Å²) in [5, 5.41) is 10.6. The maximum absolute atomic E-state index is 13.1. The molecular formula is C79H132O17P2. The SMILES string of the molecule is CC/C=C\C/C=C\C/C=C\C/C=C\C/C=C\C/C=C\CCC(=O)OCC(COP(=O)(O)OCC(O)COP(=O)(O)OCC(COC(=O)CCCCCCC/C=C\CCCCCC)OC(=O)CCCCCCC/C=C\CCCC)OC(=O)CCCCCCC/C=C\C/C=C\C/C=C\CC. The van der Waals surface area contributed by atoms with Gasteiger partial charge in [-0.1, -0.05) is 251 Å². The maximum Gasteiger partial charge on any atom is 0.472 e. The molecule has 17 nitrogen and oxygen atoms in total. The number of carbonyl (C=O) groups is 4. The standard InChI is InChI=1S/C79H132O17P2/c1-5-9-13-17-21-25-29-32-34-35-36-37-39-41-45-48-52-56-60-64-77(82)90-70-75(96-79(84)66-62-58-54-50-46-42-38-33-30-26-22-18-14-10-6-2)72-94-98(87,88)92-68-73(80)67-91-97(85,86)93-71-74(95-78(83)65-61-57-53-49-43-28-24-20-16-12-8-4)69-89-76(81)63-59-55-51-47-44-40-31-27-23-19-15-11-7-3/h9-10,13-14,20-22,24-27,31-34,36-38,41,45,52,56,73-75,80H,5-8,11-12,15-19,23,28-30,35,39-40,42-44,46-51,53-55,57-72H2,1-4H3,(H,85,86)(H,87,88)/b13-9-,14-10-,24-20-,25-21-,26-22-,31-27-,34-32-,37-36-,38-33-,45-41-,56-52-. The highest BCUT2D eigenvalue weighted by Crippen LogP contribution is 2.45. The van der Waals surface area contributed by atoms with Crippen LogP contribution in [-0.2, 0) is 65.4 Å². The van der Waals surface area contributed by atoms with Gasteiger partial charge in [-0.25, -0.2) is 9.13 Å². The lowest BCUT2D eigenvalue weighted by atomic mass is 10.1. The van der Waals surface area contributed by atoms with Crippen molar-refractivity contribution in [3.63, 3.8) is 0 Å². The van der Waals surface area contributed by atoms with Gasteiger partial charge in [0.05, 0.1) is 26.4 Å². The van der Waals surface area contributed by atoms with Crippen LogP contribution in [0.1, 0.15) is 285 Å². The molecule has 0 bridgehead atoms. The van der Waals surface area contributed by atoms with Crippen LogP contribution in [-0.4, -0.2) is 96.7 Å². The smallest absolute Gasteiger partial charge is 0.462 e. The van der Waals surface area contributed by atoms with Crippen LogP contribution in [0.5, 0.6) is 0 Å². The second kappa shape index (κ2) is 70.6. The molecule has 98 heavy (non-hydrogen) atoms. The fraction of sp³-hybridized carbons (Fsp3) is 0.671. The van der Waals surface area contributed by atoms with Gasteiger partial charge in [0, 0.05) is 25.7 Å². The van der Waals surface area contributed by atoms with Gasteiger partial charge >= 0.3 is 39.5 Å². The molecule has 0 aromatic rings. The van der Waals surface area contributed by atoms with Gasteiger partial charge in [-0.2, -0.15) is 0 Å². The van der Waals surface area contributed by atoms with Crippen molar-refractivity contribution >= 4 is 39.5 Å². The summed E-state index contributed by atoms with van der Waals surface area (Å²) in [6.07, 6.45) is 77.6. The van der Waals surface area contributed by atoms with E-state index in [-0.39, 0.29) is 25.7 Å². The van der Waals surface area contributed by atoms with E-state index in [4.69, 9.17) is 37.0 Å². The van der Waals surface area contributed by atoms with E-state index in [1.807, 2.05) is 18.2 Å². The number of hydrogen-bond donors (Lipinski definition) is 3. The van der Waals surface area contributed by atoms with E-state index in [0.29, 0.717) is 32.1 Å². The topological polar surface area (TPSA) is 237 Å². The van der Waals surface area contributed by atoms with E-state index >= 15 is 0 Å². The lowest BCUT2D eigenvalue weighted by Crippen LogP contribution is -2.30. The lowest BCUT2D eigenvalue weighted by molar-refractivity contribution is -0.161. The van der Waals surface area contributed by atoms with Gasteiger partial charge in [-0.15, -0.1) is 0 Å². The Balaban J connectivity index is 5.42. The van der Waals surface area contributed by atoms with Crippen LogP contribution < -0.4 is 0 Å². The van der Waals surface area contributed by atoms with Crippen LogP contribution in [0, 0.1) is 0 Å². The first-order chi connectivity index (χ1) is 47.7. The van der Waals surface area contributed by atoms with E-state index in [9.17, 15) is 43.2 Å². The molecule has 5 atom stereocenters. The highest BCUT2D eigenvalue weighted by molar-refractivity contribution is 7.47. The van der Waals surface area contributed by atoms with E-state index in [1.165, 1.54) is 38.5 Å². The molecule has 0 heterocycles. The molecule has 0 aromatic carbocycles. The molecule has 560 valence electrons. The van der Waals surface area contributed by atoms with Crippen LogP contribution in [0.4, 0.5) is 0 Å². The summed E-state index contributed by atoms with van der Waals surface area (Å²) < 4.78 is 68.3. The number of unbranched alkanes of at least 4 members (excludes halogenated alkanes) is 21. The number of ether oxygens (including phenoxy) is 4. The first kappa shape index (κ1) is 93.2. The normalized spacial score (nSPS) is 14.7. The van der Waals surface area contributed by atoms with Crippen LogP contribution in [0.3, 0.4) is 0 Å². The van der Waals surface area contributed by atoms with Crippen molar-refractivity contribution in [3.05, 3.63) is 134 Å². The number of phosphoric ester groups is 2. The lowest BCUT2D eigenvalue weighted by Gasteiger charge is -2.21. The number of hydrogen-bond acceptors (Lipinski definition) is 15. The van der Waals surface area contributed by atoms with Crippen LogP contribution in [0.2, 0.25) is 0 Å². The number of aliphatic hydroxyl groups is 1. The molecule has 0 aliphatic heterocycles. The average molecular weight is 1420 g/mol. The summed E-state index contributed by atoms with van der Waals surface area (Å²) in [5.41, 5.74) is 0. The summed E-state index contributed by atoms with van der Waals surface area (Å²) in [6.45, 7) is 4.45. The molecule has 0 radical (unpaired) electrons. The highest BCUT2D eigenvalue weighted by atomic mass is 31.2. The van der Waals surface area contributed by atoms with Crippen LogP contribution >= 0.6 is 15.6 Å². The molecule has 3 N–H and O–H groups in total. The first-order valence-electron chi connectivity index (χ1n) is 37.4. The van der Waals surface area contributed by atoms with Crippen molar-refractivity contribution in [2.45, 2.75) is 303 Å². The monoisotopic (exact) mass is 1410 g/mol. The molecule has 0 saturated heterocycles. The van der Waals surface area contributed by atoms with Crippen molar-refractivity contribution < 1.29 is 80.2 Å². The zero-order valence-electron chi connectivity index (χ0n) is 60.9. The molecule has 0 rings (SSSR count). The largest absolute Gasteiger partial charge is 0.472 e. The van der Waals surface area contributed by atoms with Crippen molar-refractivity contribution in [3.8, 4) is 0 Å². The summed E-state index contributed by atoms with van der Waals surface area (Å²) in [7, 11) is -9.98. The molecule has 0 spiro atoms. The summed E-state index contributed by atoms with van der Waals surface area (Å²) in [6, 6.07) is 0. The van der Waals surface area contributed by atoms with Gasteiger partial charge in [0.1, 0.15) is 19.3 Å². The van der Waals surface area contributed by atoms with E-state index < -0.39 is 97.5 Å². The summed E-state index contributed by atoms with van der Waals surface area (Å²) >= 11 is 0. The molecular weight excluding hydrogens is 1280 g/mol. The molecule has 19 heteroatoms. The number of rotatable bonds is 69. The van der Waals surface area contributed by atoms with E-state index in [1.54, 1.807) is 0 Å². The predicted octanol–water partition coefficient (Wildman–Crippen LogP) is 21.3. The summed E-state index contributed by atoms with van der Waals surface area (Å²) in [5.74, 6) is -2.32. The highest BCUT2D eigenvalue weighted by Gasteiger charge is 2.30. The first-order valence-corrected chi connectivity index (χ1v) is 40.4. The number of esters is 4. The second-order valence-corrected chi connectivity index (χ2v) is 27.4. The molecule has 0 amide bonds. The van der Waals surface area contributed by atoms with E-state index in [0.717, 1.165) is 161 Å². The Morgan fingerprint density at radius 2 is 0.561 bits per heavy atom.